The Bertz CT molecular complexity index is 883. The summed E-state index contributed by atoms with van der Waals surface area (Å²) in [4.78, 5) is 0. The van der Waals surface area contributed by atoms with Crippen LogP contribution < -0.4 is 0 Å². The molecule has 1 heterocycles. The highest BCUT2D eigenvalue weighted by Gasteiger charge is 2.62. The molecule has 4 nitrogen and oxygen atoms in total. The zero-order valence-corrected chi connectivity index (χ0v) is 20.7. The van der Waals surface area contributed by atoms with Gasteiger partial charge in [-0.05, 0) is 105 Å². The molecule has 9 atom stereocenters. The normalized spacial score (nSPS) is 45.6. The number of nitrogens with zero attached hydrogens (tertiary/aromatic N) is 3. The monoisotopic (exact) mass is 437 g/mol. The molecule has 3 unspecified atom stereocenters. The van der Waals surface area contributed by atoms with Crippen LogP contribution in [0.2, 0.25) is 0 Å². The molecule has 0 bridgehead atoms. The Hall–Kier alpha value is -1.34. The summed E-state index contributed by atoms with van der Waals surface area (Å²) in [5.41, 5.74) is 0.531. The minimum Gasteiger partial charge on any atom is -0.388 e. The van der Waals surface area contributed by atoms with Crippen LogP contribution in [-0.2, 0) is 6.54 Å². The zero-order valence-electron chi connectivity index (χ0n) is 20.7. The number of nitriles is 1. The SMILES string of the molecule is C[C@@H]1CCC2CC[C@@H]3C(CC[C@@]4(C)C3CC[C@@H]4[C@](C)(O)Cn3cc(C#N)cn3)[C@@]2(C)CC1. The Balaban J connectivity index is 1.37. The molecule has 0 spiro atoms. The Morgan fingerprint density at radius 3 is 2.53 bits per heavy atom. The molecule has 4 heteroatoms. The minimum absolute atomic E-state index is 0.219. The number of hydrogen-bond acceptors (Lipinski definition) is 3. The standard InChI is InChI=1S/C28H43N3O/c1-19-5-6-21-7-8-22-23-9-10-25(28(4,32)18-31-17-20(15-29)16-30-31)27(23,3)14-12-24(22)26(21,2)13-11-19/h16-17,19,21-25,32H,5-14,18H2,1-4H3/t19-,21?,22+,23?,24?,25+,26+,27+,28-/m1/s1. The van der Waals surface area contributed by atoms with Gasteiger partial charge in [0.25, 0.3) is 0 Å². The van der Waals surface area contributed by atoms with E-state index in [1.165, 1.54) is 57.8 Å². The average molecular weight is 438 g/mol. The van der Waals surface area contributed by atoms with Crippen LogP contribution in [-0.4, -0.2) is 20.5 Å². The highest BCUT2D eigenvalue weighted by atomic mass is 16.3. The lowest BCUT2D eigenvalue weighted by Crippen LogP contribution is -2.54. The van der Waals surface area contributed by atoms with Crippen LogP contribution in [0, 0.1) is 57.7 Å². The number of hydrogen-bond donors (Lipinski definition) is 1. The van der Waals surface area contributed by atoms with Crippen molar-refractivity contribution < 1.29 is 5.11 Å². The first-order chi connectivity index (χ1) is 15.2. The lowest BCUT2D eigenvalue weighted by Gasteiger charge is -2.60. The predicted molar refractivity (Wildman–Crippen MR) is 127 cm³/mol. The summed E-state index contributed by atoms with van der Waals surface area (Å²) in [6.07, 6.45) is 17.0. The Kier molecular flexibility index (Phi) is 5.52. The van der Waals surface area contributed by atoms with Gasteiger partial charge in [0.15, 0.2) is 0 Å². The van der Waals surface area contributed by atoms with Gasteiger partial charge in [-0.2, -0.15) is 10.4 Å². The Morgan fingerprint density at radius 1 is 1.06 bits per heavy atom. The maximum Gasteiger partial charge on any atom is 0.102 e. The molecule has 1 N–H and O–H groups in total. The van der Waals surface area contributed by atoms with E-state index in [0.717, 1.165) is 36.0 Å². The van der Waals surface area contributed by atoms with E-state index in [9.17, 15) is 5.11 Å². The summed E-state index contributed by atoms with van der Waals surface area (Å²) < 4.78 is 1.78. The zero-order chi connectivity index (χ0) is 22.7. The molecular weight excluding hydrogens is 394 g/mol. The predicted octanol–water partition coefficient (Wildman–Crippen LogP) is 6.19. The lowest BCUT2D eigenvalue weighted by atomic mass is 9.45. The third-order valence-corrected chi connectivity index (χ3v) is 11.2. The van der Waals surface area contributed by atoms with Crippen LogP contribution in [0.15, 0.2) is 12.4 Å². The van der Waals surface area contributed by atoms with Crippen molar-refractivity contribution in [3.8, 4) is 6.07 Å². The second kappa shape index (κ2) is 7.86. The van der Waals surface area contributed by atoms with Crippen molar-refractivity contribution >= 4 is 0 Å². The van der Waals surface area contributed by atoms with E-state index in [-0.39, 0.29) is 5.41 Å². The molecule has 1 aromatic rings. The van der Waals surface area contributed by atoms with Gasteiger partial charge >= 0.3 is 0 Å². The van der Waals surface area contributed by atoms with Gasteiger partial charge in [-0.3, -0.25) is 4.68 Å². The quantitative estimate of drug-likeness (QED) is 0.613. The summed E-state index contributed by atoms with van der Waals surface area (Å²) in [5.74, 6) is 4.63. The van der Waals surface area contributed by atoms with Crippen LogP contribution in [0.5, 0.6) is 0 Å². The number of aliphatic hydroxyl groups is 1. The third kappa shape index (κ3) is 3.46. The van der Waals surface area contributed by atoms with E-state index in [1.54, 1.807) is 17.1 Å². The van der Waals surface area contributed by atoms with E-state index in [0.29, 0.717) is 23.4 Å². The van der Waals surface area contributed by atoms with Gasteiger partial charge < -0.3 is 5.11 Å². The molecular formula is C28H43N3O. The molecule has 32 heavy (non-hydrogen) atoms. The number of fused-ring (bicyclic) bond motifs is 5. The minimum atomic E-state index is -0.798. The van der Waals surface area contributed by atoms with Gasteiger partial charge in [-0.1, -0.05) is 33.6 Å². The summed E-state index contributed by atoms with van der Waals surface area (Å²) in [7, 11) is 0. The number of rotatable bonds is 3. The van der Waals surface area contributed by atoms with Crippen molar-refractivity contribution in [2.45, 2.75) is 104 Å². The van der Waals surface area contributed by atoms with Crippen LogP contribution >= 0.6 is 0 Å². The lowest BCUT2D eigenvalue weighted by molar-refractivity contribution is -0.130. The molecule has 0 amide bonds. The molecule has 0 saturated heterocycles. The van der Waals surface area contributed by atoms with Crippen molar-refractivity contribution in [3.05, 3.63) is 18.0 Å². The first-order valence-electron chi connectivity index (χ1n) is 13.3. The molecule has 5 rings (SSSR count). The second-order valence-electron chi connectivity index (χ2n) is 12.9. The largest absolute Gasteiger partial charge is 0.388 e. The molecule has 4 aliphatic rings. The molecule has 0 radical (unpaired) electrons. The maximum absolute atomic E-state index is 11.7. The smallest absolute Gasteiger partial charge is 0.102 e. The molecule has 176 valence electrons. The third-order valence-electron chi connectivity index (χ3n) is 11.2. The maximum atomic E-state index is 11.7. The van der Waals surface area contributed by atoms with Gasteiger partial charge in [-0.15, -0.1) is 0 Å². The van der Waals surface area contributed by atoms with Gasteiger partial charge in [-0.25, -0.2) is 0 Å². The summed E-state index contributed by atoms with van der Waals surface area (Å²) >= 11 is 0. The highest BCUT2D eigenvalue weighted by molar-refractivity contribution is 5.22. The van der Waals surface area contributed by atoms with Crippen molar-refractivity contribution in [1.29, 1.82) is 5.26 Å². The van der Waals surface area contributed by atoms with Crippen molar-refractivity contribution in [2.24, 2.45) is 46.3 Å². The van der Waals surface area contributed by atoms with E-state index >= 15 is 0 Å². The van der Waals surface area contributed by atoms with E-state index in [1.807, 2.05) is 6.92 Å². The second-order valence-corrected chi connectivity index (χ2v) is 12.9. The Morgan fingerprint density at radius 2 is 1.78 bits per heavy atom. The average Bonchev–Trinajstić information content (AvgIpc) is 3.31. The molecule has 1 aromatic heterocycles. The molecule has 0 aromatic carbocycles. The van der Waals surface area contributed by atoms with Crippen LogP contribution in [0.25, 0.3) is 0 Å². The van der Waals surface area contributed by atoms with Gasteiger partial charge in [0, 0.05) is 6.20 Å². The van der Waals surface area contributed by atoms with Crippen LogP contribution in [0.1, 0.15) is 97.5 Å². The van der Waals surface area contributed by atoms with E-state index < -0.39 is 5.60 Å². The highest BCUT2D eigenvalue weighted by Crippen LogP contribution is 2.68. The molecule has 4 saturated carbocycles. The fourth-order valence-corrected chi connectivity index (χ4v) is 9.55. The topological polar surface area (TPSA) is 61.8 Å². The summed E-state index contributed by atoms with van der Waals surface area (Å²) in [6, 6.07) is 2.15. The van der Waals surface area contributed by atoms with E-state index in [2.05, 4.69) is 31.9 Å². The number of aromatic nitrogens is 2. The molecule has 4 fully saturated rings. The summed E-state index contributed by atoms with van der Waals surface area (Å²) in [5, 5.41) is 25.2. The first-order valence-corrected chi connectivity index (χ1v) is 13.3. The van der Waals surface area contributed by atoms with Gasteiger partial charge in [0.1, 0.15) is 6.07 Å². The first kappa shape index (κ1) is 22.5. The van der Waals surface area contributed by atoms with Crippen molar-refractivity contribution in [1.82, 2.24) is 9.78 Å². The Labute approximate surface area is 194 Å². The fourth-order valence-electron chi connectivity index (χ4n) is 9.55. The molecule has 0 aliphatic heterocycles. The van der Waals surface area contributed by atoms with Crippen LogP contribution in [0.3, 0.4) is 0 Å². The van der Waals surface area contributed by atoms with Crippen molar-refractivity contribution in [2.75, 3.05) is 0 Å². The fraction of sp³-hybridized carbons (Fsp3) is 0.857. The molecule has 4 aliphatic carbocycles. The van der Waals surface area contributed by atoms with Gasteiger partial charge in [0.05, 0.1) is 23.9 Å². The summed E-state index contributed by atoms with van der Waals surface area (Å²) in [6.45, 7) is 10.2. The van der Waals surface area contributed by atoms with Crippen molar-refractivity contribution in [3.63, 3.8) is 0 Å². The van der Waals surface area contributed by atoms with Gasteiger partial charge in [0.2, 0.25) is 0 Å². The van der Waals surface area contributed by atoms with Crippen LogP contribution in [0.4, 0.5) is 0 Å². The van der Waals surface area contributed by atoms with E-state index in [4.69, 9.17) is 5.26 Å².